The summed E-state index contributed by atoms with van der Waals surface area (Å²) in [5.74, 6) is 4.97. The summed E-state index contributed by atoms with van der Waals surface area (Å²) in [7, 11) is 0. The number of unbranched alkanes of at least 4 members (excludes halogenated alkanes) is 2. The third-order valence-corrected chi connectivity index (χ3v) is 3.99. The fourth-order valence-corrected chi connectivity index (χ4v) is 2.89. The van der Waals surface area contributed by atoms with E-state index in [-0.39, 0.29) is 30.3 Å². The number of nitrogens with zero attached hydrogens (tertiary/aromatic N) is 2. The molecular weight excluding hydrogens is 260 g/mol. The summed E-state index contributed by atoms with van der Waals surface area (Å²) >= 11 is 0. The van der Waals surface area contributed by atoms with Crippen LogP contribution < -0.4 is 11.3 Å². The quantitative estimate of drug-likeness (QED) is 0.293. The fraction of sp³-hybridized carbons (Fsp3) is 0.769. The number of nitrogens with one attached hydrogen (secondary N) is 1. The van der Waals surface area contributed by atoms with Gasteiger partial charge in [0.05, 0.1) is 6.54 Å². The van der Waals surface area contributed by atoms with Crippen LogP contribution in [0.2, 0.25) is 0 Å². The molecule has 3 amide bonds. The highest BCUT2D eigenvalue weighted by Gasteiger charge is 2.41. The van der Waals surface area contributed by atoms with Crippen molar-refractivity contribution >= 4 is 17.7 Å². The molecule has 2 aliphatic heterocycles. The summed E-state index contributed by atoms with van der Waals surface area (Å²) in [6, 6.07) is -0.223. The Morgan fingerprint density at radius 1 is 1.30 bits per heavy atom. The van der Waals surface area contributed by atoms with E-state index in [1.807, 2.05) is 0 Å². The SMILES string of the molecule is NNC(=O)CCCCCN1CC(=O)N2CCCC2C1=O. The second-order valence-corrected chi connectivity index (χ2v) is 5.38. The minimum atomic E-state index is -0.223. The third-order valence-electron chi connectivity index (χ3n) is 3.99. The van der Waals surface area contributed by atoms with Crippen LogP contribution in [0.3, 0.4) is 0 Å². The van der Waals surface area contributed by atoms with E-state index in [4.69, 9.17) is 5.84 Å². The summed E-state index contributed by atoms with van der Waals surface area (Å²) in [6.45, 7) is 1.52. The lowest BCUT2D eigenvalue weighted by Crippen LogP contribution is -2.57. The van der Waals surface area contributed by atoms with Crippen molar-refractivity contribution in [2.75, 3.05) is 19.6 Å². The van der Waals surface area contributed by atoms with Crippen LogP contribution in [0.4, 0.5) is 0 Å². The van der Waals surface area contributed by atoms with Crippen molar-refractivity contribution in [2.45, 2.75) is 44.6 Å². The lowest BCUT2D eigenvalue weighted by Gasteiger charge is -2.36. The van der Waals surface area contributed by atoms with Crippen LogP contribution in [0.5, 0.6) is 0 Å². The van der Waals surface area contributed by atoms with E-state index in [1.165, 1.54) is 0 Å². The van der Waals surface area contributed by atoms with E-state index in [2.05, 4.69) is 5.43 Å². The number of amides is 3. The van der Waals surface area contributed by atoms with Gasteiger partial charge >= 0.3 is 0 Å². The van der Waals surface area contributed by atoms with Gasteiger partial charge in [-0.15, -0.1) is 0 Å². The van der Waals surface area contributed by atoms with Gasteiger partial charge in [0, 0.05) is 19.5 Å². The first-order valence-electron chi connectivity index (χ1n) is 7.21. The van der Waals surface area contributed by atoms with Crippen molar-refractivity contribution in [1.29, 1.82) is 0 Å². The number of hydrogen-bond donors (Lipinski definition) is 2. The topological polar surface area (TPSA) is 95.7 Å². The Balaban J connectivity index is 1.72. The van der Waals surface area contributed by atoms with Crippen LogP contribution in [0, 0.1) is 0 Å². The molecule has 0 radical (unpaired) electrons. The minimum Gasteiger partial charge on any atom is -0.332 e. The van der Waals surface area contributed by atoms with Crippen molar-refractivity contribution in [2.24, 2.45) is 5.84 Å². The highest BCUT2D eigenvalue weighted by atomic mass is 16.2. The Bertz CT molecular complexity index is 399. The van der Waals surface area contributed by atoms with Crippen LogP contribution in [0.25, 0.3) is 0 Å². The summed E-state index contributed by atoms with van der Waals surface area (Å²) in [5, 5.41) is 0. The van der Waals surface area contributed by atoms with E-state index in [9.17, 15) is 14.4 Å². The Kier molecular flexibility index (Phi) is 4.94. The molecule has 2 saturated heterocycles. The molecule has 2 aliphatic rings. The van der Waals surface area contributed by atoms with Crippen LogP contribution in [-0.4, -0.2) is 53.2 Å². The molecule has 2 heterocycles. The maximum atomic E-state index is 12.2. The number of carbonyl (C=O) groups is 3. The number of rotatable bonds is 6. The predicted octanol–water partition coefficient (Wildman–Crippen LogP) is -0.630. The second-order valence-electron chi connectivity index (χ2n) is 5.38. The molecule has 2 rings (SSSR count). The Morgan fingerprint density at radius 2 is 2.10 bits per heavy atom. The van der Waals surface area contributed by atoms with Gasteiger partial charge in [-0.25, -0.2) is 5.84 Å². The van der Waals surface area contributed by atoms with Crippen molar-refractivity contribution in [3.8, 4) is 0 Å². The zero-order valence-corrected chi connectivity index (χ0v) is 11.6. The van der Waals surface area contributed by atoms with Crippen molar-refractivity contribution in [3.63, 3.8) is 0 Å². The monoisotopic (exact) mass is 282 g/mol. The first-order chi connectivity index (χ1) is 9.63. The van der Waals surface area contributed by atoms with E-state index in [0.717, 1.165) is 38.6 Å². The summed E-state index contributed by atoms with van der Waals surface area (Å²) in [5.41, 5.74) is 2.09. The van der Waals surface area contributed by atoms with Crippen molar-refractivity contribution in [3.05, 3.63) is 0 Å². The van der Waals surface area contributed by atoms with Gasteiger partial charge in [0.1, 0.15) is 6.04 Å². The molecule has 2 fully saturated rings. The van der Waals surface area contributed by atoms with Gasteiger partial charge in [-0.3, -0.25) is 19.8 Å². The lowest BCUT2D eigenvalue weighted by atomic mass is 10.1. The van der Waals surface area contributed by atoms with Crippen molar-refractivity contribution < 1.29 is 14.4 Å². The van der Waals surface area contributed by atoms with E-state index >= 15 is 0 Å². The van der Waals surface area contributed by atoms with Gasteiger partial charge in [-0.05, 0) is 25.7 Å². The molecule has 112 valence electrons. The van der Waals surface area contributed by atoms with Gasteiger partial charge in [0.15, 0.2) is 0 Å². The summed E-state index contributed by atoms with van der Waals surface area (Å²) < 4.78 is 0. The standard InChI is InChI=1S/C13H22N4O3/c14-15-11(18)6-2-1-3-7-16-9-12(19)17-8-4-5-10(17)13(16)20/h10H,1-9,14H2,(H,15,18). The molecule has 0 aliphatic carbocycles. The minimum absolute atomic E-state index is 0.0645. The number of carbonyl (C=O) groups excluding carboxylic acids is 3. The maximum Gasteiger partial charge on any atom is 0.245 e. The van der Waals surface area contributed by atoms with E-state index in [0.29, 0.717) is 13.0 Å². The average Bonchev–Trinajstić information content (AvgIpc) is 2.93. The Labute approximate surface area is 118 Å². The van der Waals surface area contributed by atoms with Gasteiger partial charge in [-0.1, -0.05) is 6.42 Å². The summed E-state index contributed by atoms with van der Waals surface area (Å²) in [4.78, 5) is 38.5. The second kappa shape index (κ2) is 6.69. The Morgan fingerprint density at radius 3 is 2.85 bits per heavy atom. The predicted molar refractivity (Wildman–Crippen MR) is 72.1 cm³/mol. The molecule has 0 spiro atoms. The number of piperazine rings is 1. The van der Waals surface area contributed by atoms with Crippen LogP contribution in [-0.2, 0) is 14.4 Å². The largest absolute Gasteiger partial charge is 0.332 e. The van der Waals surface area contributed by atoms with E-state index in [1.54, 1.807) is 9.80 Å². The normalized spacial score (nSPS) is 22.1. The highest BCUT2D eigenvalue weighted by Crippen LogP contribution is 2.23. The molecule has 20 heavy (non-hydrogen) atoms. The number of nitrogens with two attached hydrogens (primary N) is 1. The van der Waals surface area contributed by atoms with E-state index < -0.39 is 0 Å². The third kappa shape index (κ3) is 3.27. The molecule has 0 bridgehead atoms. The first kappa shape index (κ1) is 14.8. The molecule has 7 heteroatoms. The molecule has 7 nitrogen and oxygen atoms in total. The molecule has 0 aromatic heterocycles. The Hall–Kier alpha value is -1.63. The molecule has 1 unspecified atom stereocenters. The molecule has 0 saturated carbocycles. The number of fused-ring (bicyclic) bond motifs is 1. The lowest BCUT2D eigenvalue weighted by molar-refractivity contribution is -0.153. The molecule has 1 atom stereocenters. The number of hydrazine groups is 1. The molecule has 0 aromatic rings. The number of hydrogen-bond acceptors (Lipinski definition) is 4. The highest BCUT2D eigenvalue weighted by molar-refractivity contribution is 5.95. The molecule has 0 aromatic carbocycles. The van der Waals surface area contributed by atoms with Gasteiger partial charge in [0.25, 0.3) is 0 Å². The average molecular weight is 282 g/mol. The summed E-state index contributed by atoms with van der Waals surface area (Å²) in [6.07, 6.45) is 4.51. The van der Waals surface area contributed by atoms with Gasteiger partial charge in [0.2, 0.25) is 17.7 Å². The van der Waals surface area contributed by atoms with Crippen LogP contribution in [0.1, 0.15) is 38.5 Å². The molecule has 3 N–H and O–H groups in total. The smallest absolute Gasteiger partial charge is 0.245 e. The zero-order valence-electron chi connectivity index (χ0n) is 11.6. The van der Waals surface area contributed by atoms with Gasteiger partial charge < -0.3 is 9.80 Å². The van der Waals surface area contributed by atoms with Crippen LogP contribution in [0.15, 0.2) is 0 Å². The maximum absolute atomic E-state index is 12.2. The fourth-order valence-electron chi connectivity index (χ4n) is 2.89. The first-order valence-corrected chi connectivity index (χ1v) is 7.21. The van der Waals surface area contributed by atoms with Gasteiger partial charge in [-0.2, -0.15) is 0 Å². The van der Waals surface area contributed by atoms with Crippen molar-refractivity contribution in [1.82, 2.24) is 15.2 Å². The molecular formula is C13H22N4O3. The van der Waals surface area contributed by atoms with Crippen LogP contribution >= 0.6 is 0 Å². The zero-order chi connectivity index (χ0) is 14.5.